The van der Waals surface area contributed by atoms with Gasteiger partial charge in [-0.15, -0.1) is 0 Å². The summed E-state index contributed by atoms with van der Waals surface area (Å²) in [5.41, 5.74) is 1.63. The Morgan fingerprint density at radius 3 is 2.18 bits per heavy atom. The van der Waals surface area contributed by atoms with Crippen molar-refractivity contribution in [1.29, 1.82) is 0 Å². The largest absolute Gasteiger partial charge is 0.492 e. The van der Waals surface area contributed by atoms with Gasteiger partial charge in [-0.3, -0.25) is 0 Å². The highest BCUT2D eigenvalue weighted by molar-refractivity contribution is 5.86. The van der Waals surface area contributed by atoms with Gasteiger partial charge in [0.2, 0.25) is 5.75 Å². The summed E-state index contributed by atoms with van der Waals surface area (Å²) in [5, 5.41) is 8.83. The van der Waals surface area contributed by atoms with Gasteiger partial charge in [-0.25, -0.2) is 4.79 Å². The molecule has 1 rings (SSSR count). The molecule has 0 aromatic heterocycles. The zero-order valence-corrected chi connectivity index (χ0v) is 13.8. The van der Waals surface area contributed by atoms with E-state index in [0.29, 0.717) is 28.7 Å². The Kier molecular flexibility index (Phi) is 6.76. The first-order valence-electron chi connectivity index (χ1n) is 7.17. The third-order valence-electron chi connectivity index (χ3n) is 3.30. The van der Waals surface area contributed by atoms with Gasteiger partial charge < -0.3 is 19.3 Å². The van der Waals surface area contributed by atoms with Gasteiger partial charge in [0.15, 0.2) is 11.5 Å². The van der Waals surface area contributed by atoms with Crippen molar-refractivity contribution in [3.63, 3.8) is 0 Å². The summed E-state index contributed by atoms with van der Waals surface area (Å²) in [4.78, 5) is 10.8. The third-order valence-corrected chi connectivity index (χ3v) is 3.30. The van der Waals surface area contributed by atoms with Crippen molar-refractivity contribution >= 4 is 12.0 Å². The van der Waals surface area contributed by atoms with Gasteiger partial charge in [0, 0.05) is 11.6 Å². The maximum Gasteiger partial charge on any atom is 0.328 e. The van der Waals surface area contributed by atoms with E-state index in [1.165, 1.54) is 20.3 Å². The molecule has 0 bridgehead atoms. The predicted octanol–water partition coefficient (Wildman–Crippen LogP) is 3.40. The normalized spacial score (nSPS) is 11.0. The third kappa shape index (κ3) is 4.41. The average molecular weight is 308 g/mol. The predicted molar refractivity (Wildman–Crippen MR) is 85.9 cm³/mol. The maximum atomic E-state index is 10.8. The molecule has 0 saturated carbocycles. The van der Waals surface area contributed by atoms with Crippen molar-refractivity contribution in [2.45, 2.75) is 26.7 Å². The Morgan fingerprint density at radius 2 is 1.73 bits per heavy atom. The number of ether oxygens (including phenoxy) is 3. The van der Waals surface area contributed by atoms with Gasteiger partial charge in [0.25, 0.3) is 0 Å². The van der Waals surface area contributed by atoms with E-state index < -0.39 is 5.97 Å². The van der Waals surface area contributed by atoms with Crippen LogP contribution in [0, 0.1) is 5.92 Å². The van der Waals surface area contributed by atoms with Crippen LogP contribution in [0.5, 0.6) is 17.2 Å². The van der Waals surface area contributed by atoms with Crippen LogP contribution < -0.4 is 14.2 Å². The molecule has 0 radical (unpaired) electrons. The van der Waals surface area contributed by atoms with E-state index in [1.54, 1.807) is 7.11 Å². The molecular weight excluding hydrogens is 284 g/mol. The second kappa shape index (κ2) is 8.32. The van der Waals surface area contributed by atoms with Crippen LogP contribution >= 0.6 is 0 Å². The Morgan fingerprint density at radius 1 is 1.14 bits per heavy atom. The molecule has 22 heavy (non-hydrogen) atoms. The van der Waals surface area contributed by atoms with Gasteiger partial charge in [0.05, 0.1) is 21.3 Å². The molecule has 0 unspecified atom stereocenters. The molecular formula is C17H24O5. The monoisotopic (exact) mass is 308 g/mol. The number of benzene rings is 1. The molecule has 0 spiro atoms. The highest BCUT2D eigenvalue weighted by Crippen LogP contribution is 2.43. The van der Waals surface area contributed by atoms with Crippen LogP contribution in [-0.4, -0.2) is 32.4 Å². The molecule has 5 heteroatoms. The summed E-state index contributed by atoms with van der Waals surface area (Å²) in [7, 11) is 4.64. The van der Waals surface area contributed by atoms with Crippen LogP contribution in [0.4, 0.5) is 0 Å². The summed E-state index contributed by atoms with van der Waals surface area (Å²) in [6.07, 6.45) is 4.39. The summed E-state index contributed by atoms with van der Waals surface area (Å²) < 4.78 is 16.3. The van der Waals surface area contributed by atoms with Crippen LogP contribution in [-0.2, 0) is 11.2 Å². The van der Waals surface area contributed by atoms with Crippen LogP contribution in [0.3, 0.4) is 0 Å². The van der Waals surface area contributed by atoms with Gasteiger partial charge in [-0.2, -0.15) is 0 Å². The Bertz CT molecular complexity index is 546. The van der Waals surface area contributed by atoms with E-state index in [9.17, 15) is 4.79 Å². The number of hydrogen-bond donors (Lipinski definition) is 1. The molecule has 0 heterocycles. The fraction of sp³-hybridized carbons (Fsp3) is 0.471. The van der Waals surface area contributed by atoms with Gasteiger partial charge in [-0.1, -0.05) is 13.8 Å². The number of carbonyl (C=O) groups is 1. The number of aryl methyl sites for hydroxylation is 1. The van der Waals surface area contributed by atoms with Crippen molar-refractivity contribution in [3.8, 4) is 17.2 Å². The van der Waals surface area contributed by atoms with Crippen molar-refractivity contribution in [1.82, 2.24) is 0 Å². The lowest BCUT2D eigenvalue weighted by Crippen LogP contribution is -2.02. The minimum atomic E-state index is -1.01. The topological polar surface area (TPSA) is 65.0 Å². The van der Waals surface area contributed by atoms with Crippen molar-refractivity contribution < 1.29 is 24.1 Å². The smallest absolute Gasteiger partial charge is 0.328 e. The number of rotatable bonds is 8. The van der Waals surface area contributed by atoms with E-state index in [-0.39, 0.29) is 0 Å². The zero-order valence-electron chi connectivity index (χ0n) is 13.8. The molecule has 1 N–H and O–H groups in total. The van der Waals surface area contributed by atoms with Crippen molar-refractivity contribution in [2.24, 2.45) is 5.92 Å². The minimum Gasteiger partial charge on any atom is -0.492 e. The Hall–Kier alpha value is -2.17. The molecule has 0 fully saturated rings. The molecule has 0 amide bonds. The van der Waals surface area contributed by atoms with Crippen LogP contribution in [0.15, 0.2) is 12.1 Å². The number of methoxy groups -OCH3 is 3. The lowest BCUT2D eigenvalue weighted by Gasteiger charge is -2.18. The minimum absolute atomic E-state index is 0.463. The first kappa shape index (κ1) is 17.9. The number of aliphatic carboxylic acids is 1. The van der Waals surface area contributed by atoms with Crippen molar-refractivity contribution in [3.05, 3.63) is 23.3 Å². The molecule has 1 aromatic rings. The molecule has 0 saturated heterocycles. The van der Waals surface area contributed by atoms with Crippen LogP contribution in [0.2, 0.25) is 0 Å². The van der Waals surface area contributed by atoms with E-state index in [4.69, 9.17) is 19.3 Å². The van der Waals surface area contributed by atoms with E-state index >= 15 is 0 Å². The van der Waals surface area contributed by atoms with Crippen LogP contribution in [0.1, 0.15) is 31.4 Å². The fourth-order valence-corrected chi connectivity index (χ4v) is 2.23. The van der Waals surface area contributed by atoms with E-state index in [1.807, 2.05) is 6.07 Å². The van der Waals surface area contributed by atoms with E-state index in [0.717, 1.165) is 24.5 Å². The average Bonchev–Trinajstić information content (AvgIpc) is 2.49. The lowest BCUT2D eigenvalue weighted by molar-refractivity contribution is -0.131. The standard InChI is InChI=1S/C17H24O5/c1-11(2)6-7-12-10-13(8-9-14(18)19)16(21-4)17(22-5)15(12)20-3/h8-11H,6-7H2,1-5H3,(H,18,19). The summed E-state index contributed by atoms with van der Waals surface area (Å²) in [6.45, 7) is 4.30. The highest BCUT2D eigenvalue weighted by atomic mass is 16.5. The lowest BCUT2D eigenvalue weighted by atomic mass is 9.98. The van der Waals surface area contributed by atoms with Gasteiger partial charge >= 0.3 is 5.97 Å². The first-order chi connectivity index (χ1) is 10.4. The Labute approximate surface area is 131 Å². The quantitative estimate of drug-likeness (QED) is 0.746. The van der Waals surface area contributed by atoms with Crippen molar-refractivity contribution in [2.75, 3.05) is 21.3 Å². The van der Waals surface area contributed by atoms with E-state index in [2.05, 4.69) is 13.8 Å². The highest BCUT2D eigenvalue weighted by Gasteiger charge is 2.19. The molecule has 0 aliphatic carbocycles. The number of carboxylic acid groups (broad SMARTS) is 1. The molecule has 0 atom stereocenters. The first-order valence-corrected chi connectivity index (χ1v) is 7.17. The number of carboxylic acids is 1. The second-order valence-corrected chi connectivity index (χ2v) is 5.33. The Balaban J connectivity index is 3.42. The number of hydrogen-bond acceptors (Lipinski definition) is 4. The fourth-order valence-electron chi connectivity index (χ4n) is 2.23. The summed E-state index contributed by atoms with van der Waals surface area (Å²) in [5.74, 6) is 1.12. The van der Waals surface area contributed by atoms with Gasteiger partial charge in [0.1, 0.15) is 0 Å². The zero-order chi connectivity index (χ0) is 16.7. The summed E-state index contributed by atoms with van der Waals surface area (Å²) >= 11 is 0. The molecule has 122 valence electrons. The molecule has 5 nitrogen and oxygen atoms in total. The molecule has 0 aliphatic heterocycles. The van der Waals surface area contributed by atoms with Gasteiger partial charge in [-0.05, 0) is 36.5 Å². The molecule has 0 aliphatic rings. The maximum absolute atomic E-state index is 10.8. The second-order valence-electron chi connectivity index (χ2n) is 5.33. The molecule has 1 aromatic carbocycles. The SMILES string of the molecule is COc1c(C=CC(=O)O)cc(CCC(C)C)c(OC)c1OC. The summed E-state index contributed by atoms with van der Waals surface area (Å²) in [6, 6.07) is 1.89. The van der Waals surface area contributed by atoms with Crippen LogP contribution in [0.25, 0.3) is 6.08 Å².